The lowest BCUT2D eigenvalue weighted by Crippen LogP contribution is -2.04. The molecule has 0 aliphatic heterocycles. The normalized spacial score (nSPS) is 9.40. The van der Waals surface area contributed by atoms with Crippen LogP contribution in [0.2, 0.25) is 0 Å². The Bertz CT molecular complexity index is 437. The molecule has 1 aromatic carbocycles. The molecule has 1 rings (SSSR count). The van der Waals surface area contributed by atoms with Crippen LogP contribution in [-0.4, -0.2) is 17.7 Å². The predicted molar refractivity (Wildman–Crippen MR) is 49.2 cm³/mol. The third-order valence-corrected chi connectivity index (χ3v) is 1.72. The number of benzene rings is 1. The lowest BCUT2D eigenvalue weighted by atomic mass is 10.1. The van der Waals surface area contributed by atoms with Crippen molar-refractivity contribution in [3.63, 3.8) is 0 Å². The highest BCUT2D eigenvalue weighted by Gasteiger charge is 2.15. The minimum absolute atomic E-state index is 0.0145. The van der Waals surface area contributed by atoms with E-state index in [4.69, 9.17) is 15.1 Å². The molecule has 0 atom stereocenters. The Hall–Kier alpha value is -2.09. The number of aromatic carboxylic acids is 1. The summed E-state index contributed by atoms with van der Waals surface area (Å²) in [5.41, 5.74) is -0.517. The van der Waals surface area contributed by atoms with E-state index < -0.39 is 17.3 Å². The average molecular weight is 209 g/mol. The van der Waals surface area contributed by atoms with Crippen LogP contribution >= 0.6 is 0 Å². The van der Waals surface area contributed by atoms with Gasteiger partial charge in [0.25, 0.3) is 0 Å². The number of carboxylic acid groups (broad SMARTS) is 1. The quantitative estimate of drug-likeness (QED) is 0.823. The minimum Gasteiger partial charge on any atom is -0.492 e. The number of hydrogen-bond acceptors (Lipinski definition) is 3. The van der Waals surface area contributed by atoms with Crippen LogP contribution in [0.3, 0.4) is 0 Å². The summed E-state index contributed by atoms with van der Waals surface area (Å²) in [5, 5.41) is 17.3. The Morgan fingerprint density at radius 3 is 2.80 bits per heavy atom. The van der Waals surface area contributed by atoms with Crippen molar-refractivity contribution >= 4 is 5.97 Å². The first-order valence-corrected chi connectivity index (χ1v) is 4.19. The van der Waals surface area contributed by atoms with E-state index in [0.29, 0.717) is 0 Å². The minimum atomic E-state index is -1.39. The van der Waals surface area contributed by atoms with Gasteiger partial charge in [-0.15, -0.1) is 0 Å². The molecule has 1 aromatic rings. The molecule has 0 saturated heterocycles. The standard InChI is InChI=1S/C10H8FNO3/c1-2-15-9-4-7(10(13)14)8(11)3-6(9)5-12/h3-4H,2H2,1H3,(H,13,14). The van der Waals surface area contributed by atoms with E-state index in [1.807, 2.05) is 0 Å². The predicted octanol–water partition coefficient (Wildman–Crippen LogP) is 1.79. The number of nitriles is 1. The molecule has 0 aromatic heterocycles. The molecule has 1 N–H and O–H groups in total. The topological polar surface area (TPSA) is 70.3 Å². The van der Waals surface area contributed by atoms with Gasteiger partial charge in [-0.1, -0.05) is 0 Å². The number of halogens is 1. The van der Waals surface area contributed by atoms with Crippen LogP contribution in [-0.2, 0) is 0 Å². The fraction of sp³-hybridized carbons (Fsp3) is 0.200. The molecule has 0 saturated carbocycles. The summed E-state index contributed by atoms with van der Waals surface area (Å²) in [6.07, 6.45) is 0. The third-order valence-electron chi connectivity index (χ3n) is 1.72. The van der Waals surface area contributed by atoms with Gasteiger partial charge in [-0.3, -0.25) is 0 Å². The Labute approximate surface area is 85.5 Å². The number of carboxylic acids is 1. The van der Waals surface area contributed by atoms with Gasteiger partial charge in [-0.2, -0.15) is 5.26 Å². The van der Waals surface area contributed by atoms with Crippen molar-refractivity contribution in [3.05, 3.63) is 29.1 Å². The van der Waals surface area contributed by atoms with E-state index in [1.54, 1.807) is 13.0 Å². The van der Waals surface area contributed by atoms with Gasteiger partial charge in [0, 0.05) is 0 Å². The maximum atomic E-state index is 13.1. The monoisotopic (exact) mass is 209 g/mol. The largest absolute Gasteiger partial charge is 0.492 e. The Kier molecular flexibility index (Phi) is 3.24. The highest BCUT2D eigenvalue weighted by atomic mass is 19.1. The zero-order valence-electron chi connectivity index (χ0n) is 7.95. The maximum absolute atomic E-state index is 13.1. The van der Waals surface area contributed by atoms with E-state index in [1.165, 1.54) is 0 Å². The van der Waals surface area contributed by atoms with Gasteiger partial charge in [0.2, 0.25) is 0 Å². The molecular weight excluding hydrogens is 201 g/mol. The molecule has 4 nitrogen and oxygen atoms in total. The molecule has 78 valence electrons. The molecule has 0 aliphatic rings. The molecular formula is C10H8FNO3. The highest BCUT2D eigenvalue weighted by Crippen LogP contribution is 2.22. The Morgan fingerprint density at radius 2 is 2.33 bits per heavy atom. The van der Waals surface area contributed by atoms with Gasteiger partial charge >= 0.3 is 5.97 Å². The Balaban J connectivity index is 3.31. The van der Waals surface area contributed by atoms with Crippen molar-refractivity contribution in [2.45, 2.75) is 6.92 Å². The summed E-state index contributed by atoms with van der Waals surface area (Å²) in [6.45, 7) is 1.96. The molecule has 0 amide bonds. The first-order valence-electron chi connectivity index (χ1n) is 4.19. The Morgan fingerprint density at radius 1 is 1.67 bits per heavy atom. The van der Waals surface area contributed by atoms with Crippen molar-refractivity contribution < 1.29 is 19.0 Å². The lowest BCUT2D eigenvalue weighted by Gasteiger charge is -2.06. The lowest BCUT2D eigenvalue weighted by molar-refractivity contribution is 0.0691. The van der Waals surface area contributed by atoms with Gasteiger partial charge < -0.3 is 9.84 Å². The van der Waals surface area contributed by atoms with Gasteiger partial charge in [-0.25, -0.2) is 9.18 Å². The first-order chi connectivity index (χ1) is 7.10. The summed E-state index contributed by atoms with van der Waals surface area (Å²) in [7, 11) is 0. The van der Waals surface area contributed by atoms with E-state index in [2.05, 4.69) is 0 Å². The summed E-state index contributed by atoms with van der Waals surface area (Å²) in [6, 6.07) is 3.60. The average Bonchev–Trinajstić information content (AvgIpc) is 2.20. The van der Waals surface area contributed by atoms with E-state index in [0.717, 1.165) is 12.1 Å². The van der Waals surface area contributed by atoms with Crippen molar-refractivity contribution in [1.29, 1.82) is 5.26 Å². The van der Waals surface area contributed by atoms with E-state index in [9.17, 15) is 9.18 Å². The third kappa shape index (κ3) is 2.23. The molecule has 15 heavy (non-hydrogen) atoms. The zero-order chi connectivity index (χ0) is 11.4. The zero-order valence-corrected chi connectivity index (χ0v) is 7.95. The summed E-state index contributed by atoms with van der Waals surface area (Å²) >= 11 is 0. The second-order valence-corrected chi connectivity index (χ2v) is 2.68. The van der Waals surface area contributed by atoms with Crippen LogP contribution in [0.1, 0.15) is 22.8 Å². The van der Waals surface area contributed by atoms with Crippen molar-refractivity contribution in [1.82, 2.24) is 0 Å². The van der Waals surface area contributed by atoms with Gasteiger partial charge in [0.1, 0.15) is 17.6 Å². The smallest absolute Gasteiger partial charge is 0.338 e. The summed E-state index contributed by atoms with van der Waals surface area (Å²) in [5.74, 6) is -2.25. The van der Waals surface area contributed by atoms with Crippen LogP contribution in [0.4, 0.5) is 4.39 Å². The van der Waals surface area contributed by atoms with Gasteiger partial charge in [0.15, 0.2) is 0 Å². The second-order valence-electron chi connectivity index (χ2n) is 2.68. The molecule has 5 heteroatoms. The van der Waals surface area contributed by atoms with Crippen LogP contribution < -0.4 is 4.74 Å². The molecule has 0 radical (unpaired) electrons. The molecule has 0 unspecified atom stereocenters. The molecule has 0 bridgehead atoms. The summed E-state index contributed by atoms with van der Waals surface area (Å²) < 4.78 is 18.1. The van der Waals surface area contributed by atoms with Gasteiger partial charge in [-0.05, 0) is 19.1 Å². The van der Waals surface area contributed by atoms with E-state index >= 15 is 0 Å². The number of hydrogen-bond donors (Lipinski definition) is 1. The maximum Gasteiger partial charge on any atom is 0.338 e. The van der Waals surface area contributed by atoms with Crippen molar-refractivity contribution in [2.24, 2.45) is 0 Å². The molecule has 0 heterocycles. The molecule has 0 fully saturated rings. The fourth-order valence-corrected chi connectivity index (χ4v) is 1.08. The van der Waals surface area contributed by atoms with Crippen LogP contribution in [0.5, 0.6) is 5.75 Å². The number of nitrogens with zero attached hydrogens (tertiary/aromatic N) is 1. The number of ether oxygens (including phenoxy) is 1. The van der Waals surface area contributed by atoms with E-state index in [-0.39, 0.29) is 17.9 Å². The van der Waals surface area contributed by atoms with Crippen LogP contribution in [0.15, 0.2) is 12.1 Å². The SMILES string of the molecule is CCOc1cc(C(=O)O)c(F)cc1C#N. The van der Waals surface area contributed by atoms with Crippen LogP contribution in [0.25, 0.3) is 0 Å². The summed E-state index contributed by atoms with van der Waals surface area (Å²) in [4.78, 5) is 10.6. The first kappa shape index (κ1) is 11.0. The highest BCUT2D eigenvalue weighted by molar-refractivity contribution is 5.88. The van der Waals surface area contributed by atoms with Crippen LogP contribution in [0, 0.1) is 17.1 Å². The second kappa shape index (κ2) is 4.42. The van der Waals surface area contributed by atoms with Crippen molar-refractivity contribution in [2.75, 3.05) is 6.61 Å². The number of carbonyl (C=O) groups is 1. The van der Waals surface area contributed by atoms with Crippen molar-refractivity contribution in [3.8, 4) is 11.8 Å². The van der Waals surface area contributed by atoms with Gasteiger partial charge in [0.05, 0.1) is 17.7 Å². The molecule has 0 aliphatic carbocycles. The molecule has 0 spiro atoms. The number of rotatable bonds is 3. The fourth-order valence-electron chi connectivity index (χ4n) is 1.08.